The van der Waals surface area contributed by atoms with Crippen LogP contribution in [0.1, 0.15) is 50.2 Å². The van der Waals surface area contributed by atoms with Gasteiger partial charge in [0.1, 0.15) is 0 Å². The molecule has 1 heteroatoms. The molecule has 4 atom stereocenters. The van der Waals surface area contributed by atoms with Crippen LogP contribution in [0.3, 0.4) is 0 Å². The van der Waals surface area contributed by atoms with Crippen molar-refractivity contribution in [3.05, 3.63) is 83.9 Å². The Bertz CT molecular complexity index is 1590. The Hall–Kier alpha value is -3.06. The molecule has 1 spiro atoms. The molecule has 3 aliphatic carbocycles. The highest BCUT2D eigenvalue weighted by Crippen LogP contribution is 2.62. The topological polar surface area (TPSA) is 15.8 Å². The summed E-state index contributed by atoms with van der Waals surface area (Å²) >= 11 is 0. The Morgan fingerprint density at radius 2 is 1.64 bits per heavy atom. The molecule has 2 saturated carbocycles. The van der Waals surface area contributed by atoms with Gasteiger partial charge in [-0.1, -0.05) is 61.5 Å². The van der Waals surface area contributed by atoms with E-state index in [1.54, 1.807) is 11.1 Å². The van der Waals surface area contributed by atoms with Gasteiger partial charge in [0.2, 0.25) is 0 Å². The molecule has 0 radical (unpaired) electrons. The molecule has 0 amide bonds. The van der Waals surface area contributed by atoms with E-state index in [2.05, 4.69) is 84.7 Å². The molecule has 1 nitrogen and oxygen atoms in total. The third kappa shape index (κ3) is 2.28. The predicted octanol–water partition coefficient (Wildman–Crippen LogP) is 8.59. The minimum absolute atomic E-state index is 0.199. The van der Waals surface area contributed by atoms with Crippen LogP contribution in [0.2, 0.25) is 0 Å². The molecule has 5 aromatic rings. The number of aromatic nitrogens is 1. The molecule has 162 valence electrons. The number of H-pyrrole nitrogens is 1. The zero-order chi connectivity index (χ0) is 21.7. The highest BCUT2D eigenvalue weighted by molar-refractivity contribution is 6.21. The lowest BCUT2D eigenvalue weighted by atomic mass is 9.53. The molecule has 2 fully saturated rings. The Balaban J connectivity index is 1.46. The van der Waals surface area contributed by atoms with Crippen LogP contribution in [0.25, 0.3) is 43.7 Å². The fourth-order valence-electron chi connectivity index (χ4n) is 8.29. The third-order valence-corrected chi connectivity index (χ3v) is 9.49. The lowest BCUT2D eigenvalue weighted by Crippen LogP contribution is -2.44. The maximum absolute atomic E-state index is 3.81. The molecule has 8 rings (SSSR count). The van der Waals surface area contributed by atoms with Crippen molar-refractivity contribution >= 4 is 32.6 Å². The second-order valence-corrected chi connectivity index (χ2v) is 11.2. The minimum Gasteiger partial charge on any atom is -0.354 e. The molecule has 3 aliphatic rings. The first-order chi connectivity index (χ1) is 16.2. The van der Waals surface area contributed by atoms with Gasteiger partial charge in [0.25, 0.3) is 0 Å². The number of nitrogens with one attached hydrogen (secondary N) is 1. The first kappa shape index (κ1) is 18.4. The molecular weight excluding hydrogens is 398 g/mol. The van der Waals surface area contributed by atoms with Crippen molar-refractivity contribution < 1.29 is 0 Å². The van der Waals surface area contributed by atoms with Crippen LogP contribution in [-0.4, -0.2) is 4.98 Å². The molecular formula is C32H29N. The highest BCUT2D eigenvalue weighted by atomic mass is 14.7. The van der Waals surface area contributed by atoms with Gasteiger partial charge in [0, 0.05) is 27.2 Å². The van der Waals surface area contributed by atoms with Crippen LogP contribution >= 0.6 is 0 Å². The summed E-state index contributed by atoms with van der Waals surface area (Å²) in [6.45, 7) is 2.49. The Morgan fingerprint density at radius 3 is 2.61 bits per heavy atom. The Morgan fingerprint density at radius 1 is 0.758 bits per heavy atom. The summed E-state index contributed by atoms with van der Waals surface area (Å²) < 4.78 is 0. The number of aromatic amines is 1. The van der Waals surface area contributed by atoms with E-state index >= 15 is 0 Å². The van der Waals surface area contributed by atoms with Gasteiger partial charge >= 0.3 is 0 Å². The zero-order valence-electron chi connectivity index (χ0n) is 19.2. The fourth-order valence-corrected chi connectivity index (χ4v) is 8.29. The van der Waals surface area contributed by atoms with E-state index in [9.17, 15) is 0 Å². The Labute approximate surface area is 194 Å². The molecule has 33 heavy (non-hydrogen) atoms. The summed E-state index contributed by atoms with van der Waals surface area (Å²) in [7, 11) is 0. The number of benzene rings is 4. The van der Waals surface area contributed by atoms with Gasteiger partial charge in [0.15, 0.2) is 0 Å². The van der Waals surface area contributed by atoms with E-state index in [1.165, 1.54) is 75.8 Å². The van der Waals surface area contributed by atoms with E-state index in [0.29, 0.717) is 0 Å². The first-order valence-electron chi connectivity index (χ1n) is 12.8. The molecule has 1 N–H and O–H groups in total. The van der Waals surface area contributed by atoms with E-state index < -0.39 is 0 Å². The molecule has 4 aromatic carbocycles. The smallest absolute Gasteiger partial charge is 0.0471 e. The van der Waals surface area contributed by atoms with Crippen LogP contribution in [0.15, 0.2) is 72.8 Å². The van der Waals surface area contributed by atoms with Gasteiger partial charge < -0.3 is 4.98 Å². The van der Waals surface area contributed by atoms with Crippen LogP contribution in [0.5, 0.6) is 0 Å². The van der Waals surface area contributed by atoms with E-state index in [-0.39, 0.29) is 5.41 Å². The van der Waals surface area contributed by atoms with Gasteiger partial charge in [-0.05, 0) is 101 Å². The predicted molar refractivity (Wildman–Crippen MR) is 139 cm³/mol. The summed E-state index contributed by atoms with van der Waals surface area (Å²) in [5.74, 6) is 2.55. The second kappa shape index (κ2) is 6.29. The summed E-state index contributed by atoms with van der Waals surface area (Å²) in [4.78, 5) is 3.81. The molecule has 2 bridgehead atoms. The number of hydrogen-bond donors (Lipinski definition) is 1. The van der Waals surface area contributed by atoms with E-state index in [0.717, 1.165) is 17.8 Å². The van der Waals surface area contributed by atoms with Gasteiger partial charge in [-0.25, -0.2) is 0 Å². The van der Waals surface area contributed by atoms with Crippen LogP contribution in [0, 0.1) is 17.8 Å². The number of rotatable bonds is 0. The van der Waals surface area contributed by atoms with Crippen molar-refractivity contribution in [1.29, 1.82) is 0 Å². The summed E-state index contributed by atoms with van der Waals surface area (Å²) in [5.41, 5.74) is 8.95. The highest BCUT2D eigenvalue weighted by Gasteiger charge is 2.53. The summed E-state index contributed by atoms with van der Waals surface area (Å²) in [5, 5.41) is 5.42. The van der Waals surface area contributed by atoms with E-state index in [1.807, 2.05) is 0 Å². The third-order valence-electron chi connectivity index (χ3n) is 9.49. The molecule has 4 unspecified atom stereocenters. The quantitative estimate of drug-likeness (QED) is 0.255. The van der Waals surface area contributed by atoms with Gasteiger partial charge in [-0.3, -0.25) is 0 Å². The van der Waals surface area contributed by atoms with E-state index in [4.69, 9.17) is 0 Å². The van der Waals surface area contributed by atoms with Gasteiger partial charge in [-0.2, -0.15) is 0 Å². The summed E-state index contributed by atoms with van der Waals surface area (Å²) in [6, 6.07) is 27.8. The average Bonchev–Trinajstić information content (AvgIpc) is 3.34. The lowest BCUT2D eigenvalue weighted by Gasteiger charge is -2.50. The average molecular weight is 428 g/mol. The summed E-state index contributed by atoms with van der Waals surface area (Å²) in [6.07, 6.45) is 6.92. The Kier molecular flexibility index (Phi) is 3.50. The zero-order valence-corrected chi connectivity index (χ0v) is 19.2. The molecule has 0 aliphatic heterocycles. The molecule has 1 heterocycles. The van der Waals surface area contributed by atoms with Crippen molar-refractivity contribution in [1.82, 2.24) is 4.98 Å². The van der Waals surface area contributed by atoms with Gasteiger partial charge in [0.05, 0.1) is 0 Å². The van der Waals surface area contributed by atoms with Crippen molar-refractivity contribution in [3.8, 4) is 11.1 Å². The largest absolute Gasteiger partial charge is 0.354 e. The SMILES string of the molecule is CC1CC2CCC3(c4ccccc4-c4cc5c(cc43)[nH]c3ccc4ccccc4c35)C(C1)C2. The maximum Gasteiger partial charge on any atom is 0.0471 e. The monoisotopic (exact) mass is 427 g/mol. The van der Waals surface area contributed by atoms with Crippen molar-refractivity contribution in [2.24, 2.45) is 17.8 Å². The van der Waals surface area contributed by atoms with Crippen LogP contribution in [0.4, 0.5) is 0 Å². The van der Waals surface area contributed by atoms with Crippen LogP contribution < -0.4 is 0 Å². The minimum atomic E-state index is 0.199. The normalized spacial score (nSPS) is 28.0. The maximum atomic E-state index is 3.81. The number of fused-ring (bicyclic) bond motifs is 13. The van der Waals surface area contributed by atoms with Crippen molar-refractivity contribution in [2.45, 2.75) is 44.4 Å². The lowest BCUT2D eigenvalue weighted by molar-refractivity contribution is 0.0856. The van der Waals surface area contributed by atoms with Crippen molar-refractivity contribution in [2.75, 3.05) is 0 Å². The standard InChI is InChI=1S/C32H29N/c1-19-14-20-12-13-32(22(15-19)16-20)27-9-5-4-8-24(27)25-17-26-30(18-28(25)32)33-29-11-10-21-6-2-3-7-23(21)31(26)29/h2-11,17-20,22,33H,12-16H2,1H3. The second-order valence-electron chi connectivity index (χ2n) is 11.2. The molecule has 1 aromatic heterocycles. The number of hydrogen-bond acceptors (Lipinski definition) is 0. The fraction of sp³-hybridized carbons (Fsp3) is 0.312. The first-order valence-corrected chi connectivity index (χ1v) is 12.8. The molecule has 0 saturated heterocycles. The van der Waals surface area contributed by atoms with Crippen molar-refractivity contribution in [3.63, 3.8) is 0 Å². The van der Waals surface area contributed by atoms with Gasteiger partial charge in [-0.15, -0.1) is 0 Å². The van der Waals surface area contributed by atoms with Crippen LogP contribution in [-0.2, 0) is 5.41 Å².